The van der Waals surface area contributed by atoms with E-state index in [0.29, 0.717) is 22.6 Å². The zero-order chi connectivity index (χ0) is 25.0. The van der Waals surface area contributed by atoms with Gasteiger partial charge in [0, 0.05) is 31.1 Å². The minimum Gasteiger partial charge on any atom is -0.465 e. The van der Waals surface area contributed by atoms with Crippen LogP contribution in [0.2, 0.25) is 0 Å². The van der Waals surface area contributed by atoms with Crippen molar-refractivity contribution in [1.82, 2.24) is 29.4 Å². The molecule has 0 spiro atoms. The van der Waals surface area contributed by atoms with Crippen LogP contribution >= 0.6 is 0 Å². The molecule has 0 unspecified atom stereocenters. The zero-order valence-electron chi connectivity index (χ0n) is 20.6. The average Bonchev–Trinajstić information content (AvgIpc) is 3.47. The Bertz CT molecular complexity index is 1550. The molecule has 4 aromatic rings. The van der Waals surface area contributed by atoms with Gasteiger partial charge in [0.2, 0.25) is 5.91 Å². The number of hydrogen-bond donors (Lipinski definition) is 1. The van der Waals surface area contributed by atoms with E-state index in [1.165, 1.54) is 13.3 Å². The molecule has 1 aliphatic heterocycles. The molecule has 1 N–H and O–H groups in total. The van der Waals surface area contributed by atoms with E-state index >= 15 is 0 Å². The number of esters is 1. The number of fused-ring (bicyclic) bond motifs is 3. The van der Waals surface area contributed by atoms with Crippen molar-refractivity contribution in [2.75, 3.05) is 7.11 Å². The fourth-order valence-corrected chi connectivity index (χ4v) is 5.15. The van der Waals surface area contributed by atoms with Gasteiger partial charge in [0.25, 0.3) is 0 Å². The highest BCUT2D eigenvalue weighted by atomic mass is 16.5. The lowest BCUT2D eigenvalue weighted by Crippen LogP contribution is -2.29. The van der Waals surface area contributed by atoms with Crippen LogP contribution in [0.4, 0.5) is 0 Å². The summed E-state index contributed by atoms with van der Waals surface area (Å²) in [5.74, 6) is 0.971. The third-order valence-electron chi connectivity index (χ3n) is 7.31. The van der Waals surface area contributed by atoms with Crippen LogP contribution in [-0.4, -0.2) is 43.1 Å². The number of rotatable bonds is 2. The van der Waals surface area contributed by atoms with Crippen molar-refractivity contribution >= 4 is 34.1 Å². The van der Waals surface area contributed by atoms with Gasteiger partial charge in [0.15, 0.2) is 11.5 Å². The number of methoxy groups -OCH3 is 1. The summed E-state index contributed by atoms with van der Waals surface area (Å²) in [7, 11) is 3.27. The van der Waals surface area contributed by atoms with Gasteiger partial charge in [-0.2, -0.15) is 0 Å². The molecule has 6 rings (SSSR count). The second-order valence-corrected chi connectivity index (χ2v) is 9.71. The molecule has 184 valence electrons. The highest BCUT2D eigenvalue weighted by molar-refractivity contribution is 5.93. The summed E-state index contributed by atoms with van der Waals surface area (Å²) in [5, 5.41) is 4.15. The molecule has 9 nitrogen and oxygen atoms in total. The molecular formula is C27H28N6O3. The summed E-state index contributed by atoms with van der Waals surface area (Å²) in [6.07, 6.45) is 8.64. The molecule has 0 saturated heterocycles. The van der Waals surface area contributed by atoms with E-state index in [4.69, 9.17) is 14.7 Å². The lowest BCUT2D eigenvalue weighted by atomic mass is 10.1. The first kappa shape index (κ1) is 22.5. The Balaban J connectivity index is 1.47. The topological polar surface area (TPSA) is 104 Å². The summed E-state index contributed by atoms with van der Waals surface area (Å²) in [5.41, 5.74) is 4.28. The summed E-state index contributed by atoms with van der Waals surface area (Å²) >= 11 is 0. The van der Waals surface area contributed by atoms with Crippen LogP contribution in [0.1, 0.15) is 48.3 Å². The van der Waals surface area contributed by atoms with E-state index < -0.39 is 5.97 Å². The molecule has 5 heterocycles. The quantitative estimate of drug-likeness (QED) is 0.341. The molecule has 0 radical (unpaired) electrons. The van der Waals surface area contributed by atoms with Crippen molar-refractivity contribution in [3.8, 4) is 11.5 Å². The van der Waals surface area contributed by atoms with Gasteiger partial charge < -0.3 is 19.2 Å². The third kappa shape index (κ3) is 3.75. The number of allylic oxidation sites excluding steroid dienone is 2. The number of hydrogen-bond acceptors (Lipinski definition) is 6. The normalized spacial score (nSPS) is 22.8. The van der Waals surface area contributed by atoms with Crippen LogP contribution < -0.4 is 5.32 Å². The predicted molar refractivity (Wildman–Crippen MR) is 135 cm³/mol. The van der Waals surface area contributed by atoms with E-state index in [2.05, 4.69) is 39.2 Å². The fourth-order valence-electron chi connectivity index (χ4n) is 5.15. The first-order valence-electron chi connectivity index (χ1n) is 12.3. The molecule has 4 aromatic heterocycles. The first-order valence-corrected chi connectivity index (χ1v) is 12.3. The van der Waals surface area contributed by atoms with Gasteiger partial charge in [0.1, 0.15) is 11.2 Å². The number of aryl methyl sites for hydroxylation is 2. The predicted octanol–water partition coefficient (Wildman–Crippen LogP) is 3.93. The van der Waals surface area contributed by atoms with Crippen LogP contribution in [0.5, 0.6) is 0 Å². The number of carbonyl (C=O) groups excluding carboxylic acids is 2. The number of pyridine rings is 2. The van der Waals surface area contributed by atoms with Gasteiger partial charge in [-0.1, -0.05) is 12.2 Å². The van der Waals surface area contributed by atoms with Crippen molar-refractivity contribution in [2.45, 2.75) is 38.8 Å². The second-order valence-electron chi connectivity index (χ2n) is 9.71. The zero-order valence-corrected chi connectivity index (χ0v) is 20.6. The van der Waals surface area contributed by atoms with Crippen LogP contribution in [0.15, 0.2) is 42.6 Å². The van der Waals surface area contributed by atoms with E-state index in [0.717, 1.165) is 54.1 Å². The van der Waals surface area contributed by atoms with Crippen LogP contribution in [-0.2, 0) is 23.1 Å². The number of nitrogens with zero attached hydrogens (tertiary/aromatic N) is 5. The first-order chi connectivity index (χ1) is 17.4. The van der Waals surface area contributed by atoms with Crippen molar-refractivity contribution in [3.05, 3.63) is 53.9 Å². The molecule has 9 heteroatoms. The SMILES string of the molecule is COC(=O)c1cnc2c(c1)nc(-c1cc3ccc4nc3n1CC/C=C\C[C@@H]1C[C@H]1C(=O)N[C@@H]4C)n2C. The van der Waals surface area contributed by atoms with Gasteiger partial charge in [-0.25, -0.2) is 19.7 Å². The molecule has 1 fully saturated rings. The Kier molecular flexibility index (Phi) is 5.35. The Morgan fingerprint density at radius 2 is 2.03 bits per heavy atom. The molecule has 3 atom stereocenters. The number of aromatic nitrogens is 5. The maximum Gasteiger partial charge on any atom is 0.339 e. The van der Waals surface area contributed by atoms with Gasteiger partial charge in [0.05, 0.1) is 30.1 Å². The Hall–Kier alpha value is -4.01. The van der Waals surface area contributed by atoms with Gasteiger partial charge in [-0.3, -0.25) is 4.79 Å². The molecule has 0 aromatic carbocycles. The molecule has 2 bridgehead atoms. The number of carbonyl (C=O) groups is 2. The van der Waals surface area contributed by atoms with E-state index in [1.54, 1.807) is 6.07 Å². The summed E-state index contributed by atoms with van der Waals surface area (Å²) in [4.78, 5) is 39.0. The van der Waals surface area contributed by atoms with E-state index in [1.807, 2.05) is 24.6 Å². The molecule has 2 aliphatic rings. The highest BCUT2D eigenvalue weighted by Crippen LogP contribution is 2.42. The highest BCUT2D eigenvalue weighted by Gasteiger charge is 2.42. The minimum absolute atomic E-state index is 0.116. The summed E-state index contributed by atoms with van der Waals surface area (Å²) in [6, 6.07) is 7.66. The number of amides is 1. The minimum atomic E-state index is -0.443. The van der Waals surface area contributed by atoms with Crippen molar-refractivity contribution < 1.29 is 14.3 Å². The Morgan fingerprint density at radius 1 is 1.17 bits per heavy atom. The summed E-state index contributed by atoms with van der Waals surface area (Å²) in [6.45, 7) is 2.73. The molecule has 36 heavy (non-hydrogen) atoms. The Morgan fingerprint density at radius 3 is 2.86 bits per heavy atom. The standard InChI is InChI=1S/C27H28N6O3/c1-15-20-9-8-17-13-22(25-31-21-12-18(27(35)36-3)14-28-24(21)32(25)2)33(23(17)30-20)10-6-4-5-7-16-11-19(16)26(34)29-15/h4-5,8-9,12-16,19H,6-7,10-11H2,1-3H3,(H,29,34)/b5-4-/t15-,16-,19-/m1/s1. The largest absolute Gasteiger partial charge is 0.465 e. The number of ether oxygens (including phenoxy) is 1. The van der Waals surface area contributed by atoms with Crippen LogP contribution in [0.25, 0.3) is 33.7 Å². The second kappa shape index (κ2) is 8.58. The molecule has 1 aliphatic carbocycles. The monoisotopic (exact) mass is 484 g/mol. The van der Waals surface area contributed by atoms with Crippen LogP contribution in [0, 0.1) is 11.8 Å². The average molecular weight is 485 g/mol. The maximum absolute atomic E-state index is 12.7. The fraction of sp³-hybridized carbons (Fsp3) is 0.370. The molecule has 1 saturated carbocycles. The van der Waals surface area contributed by atoms with Crippen molar-refractivity contribution in [2.24, 2.45) is 18.9 Å². The van der Waals surface area contributed by atoms with Crippen molar-refractivity contribution in [1.29, 1.82) is 0 Å². The van der Waals surface area contributed by atoms with Gasteiger partial charge >= 0.3 is 5.97 Å². The number of nitrogens with one attached hydrogen (secondary N) is 1. The third-order valence-corrected chi connectivity index (χ3v) is 7.31. The molecular weight excluding hydrogens is 456 g/mol. The Labute approximate surface area is 208 Å². The van der Waals surface area contributed by atoms with Gasteiger partial charge in [-0.15, -0.1) is 0 Å². The number of imidazole rings is 1. The smallest absolute Gasteiger partial charge is 0.339 e. The summed E-state index contributed by atoms with van der Waals surface area (Å²) < 4.78 is 8.96. The lowest BCUT2D eigenvalue weighted by Gasteiger charge is -2.15. The van der Waals surface area contributed by atoms with E-state index in [-0.39, 0.29) is 17.9 Å². The van der Waals surface area contributed by atoms with Gasteiger partial charge in [-0.05, 0) is 56.4 Å². The molecule has 1 amide bonds. The van der Waals surface area contributed by atoms with E-state index in [9.17, 15) is 9.59 Å². The maximum atomic E-state index is 12.7. The lowest BCUT2D eigenvalue weighted by molar-refractivity contribution is -0.123. The van der Waals surface area contributed by atoms with Crippen molar-refractivity contribution in [3.63, 3.8) is 0 Å². The van der Waals surface area contributed by atoms with Crippen LogP contribution in [0.3, 0.4) is 0 Å².